The van der Waals surface area contributed by atoms with Crippen molar-refractivity contribution in [3.05, 3.63) is 71.4 Å². The van der Waals surface area contributed by atoms with Crippen molar-refractivity contribution in [1.82, 2.24) is 19.6 Å². The van der Waals surface area contributed by atoms with Gasteiger partial charge >= 0.3 is 0 Å². The van der Waals surface area contributed by atoms with E-state index in [0.29, 0.717) is 12.2 Å². The minimum atomic E-state index is -0.147. The minimum Gasteiger partial charge on any atom is -0.326 e. The fraction of sp³-hybridized carbons (Fsp3) is 0.125. The molecule has 1 aromatic carbocycles. The van der Waals surface area contributed by atoms with Gasteiger partial charge in [-0.3, -0.25) is 9.59 Å². The first kappa shape index (κ1) is 14.7. The lowest BCUT2D eigenvalue weighted by atomic mass is 10.2. The number of amides is 1. The Morgan fingerprint density at radius 3 is 2.48 bits per heavy atom. The lowest BCUT2D eigenvalue weighted by Crippen LogP contribution is -2.21. The van der Waals surface area contributed by atoms with E-state index in [1.54, 1.807) is 42.9 Å². The van der Waals surface area contributed by atoms with Crippen LogP contribution in [-0.2, 0) is 11.3 Å². The van der Waals surface area contributed by atoms with Crippen LogP contribution in [0.25, 0.3) is 5.69 Å². The van der Waals surface area contributed by atoms with Gasteiger partial charge < -0.3 is 9.88 Å². The van der Waals surface area contributed by atoms with Gasteiger partial charge in [0.25, 0.3) is 5.56 Å². The van der Waals surface area contributed by atoms with Gasteiger partial charge in [0.1, 0.15) is 0 Å². The molecule has 3 rings (SSSR count). The van der Waals surface area contributed by atoms with Crippen molar-refractivity contribution in [2.75, 3.05) is 5.32 Å². The number of nitrogens with one attached hydrogen (secondary N) is 1. The summed E-state index contributed by atoms with van der Waals surface area (Å²) in [6.45, 7) is 0.348. The Kier molecular flexibility index (Phi) is 4.28. The van der Waals surface area contributed by atoms with E-state index in [1.807, 2.05) is 12.1 Å². The molecule has 0 bridgehead atoms. The number of anilines is 1. The number of benzene rings is 1. The standard InChI is InChI=1S/C16H15N5O2/c22-15(8-12-20-11-2-1-3-16(20)23)19-13-4-6-14(7-5-13)21-17-9-10-18-21/h1-7,9-11H,8,12H2,(H,19,22). The fourth-order valence-electron chi connectivity index (χ4n) is 2.12. The van der Waals surface area contributed by atoms with Crippen LogP contribution >= 0.6 is 0 Å². The molecule has 0 atom stereocenters. The maximum Gasteiger partial charge on any atom is 0.250 e. The molecule has 0 saturated carbocycles. The maximum atomic E-state index is 12.0. The quantitative estimate of drug-likeness (QED) is 0.773. The normalized spacial score (nSPS) is 10.4. The third-order valence-corrected chi connectivity index (χ3v) is 3.28. The van der Waals surface area contributed by atoms with Gasteiger partial charge in [-0.2, -0.15) is 15.0 Å². The van der Waals surface area contributed by atoms with E-state index < -0.39 is 0 Å². The zero-order chi connectivity index (χ0) is 16.1. The Morgan fingerprint density at radius 2 is 1.78 bits per heavy atom. The van der Waals surface area contributed by atoms with Crippen LogP contribution in [0.3, 0.4) is 0 Å². The number of carbonyl (C=O) groups excluding carboxylic acids is 1. The highest BCUT2D eigenvalue weighted by Gasteiger charge is 2.04. The molecule has 0 fully saturated rings. The summed E-state index contributed by atoms with van der Waals surface area (Å²) in [7, 11) is 0. The van der Waals surface area contributed by atoms with Crippen molar-refractivity contribution in [2.45, 2.75) is 13.0 Å². The second kappa shape index (κ2) is 6.69. The monoisotopic (exact) mass is 309 g/mol. The average Bonchev–Trinajstić information content (AvgIpc) is 3.09. The SMILES string of the molecule is O=C(CCn1ccccc1=O)Nc1ccc(-n2nccn2)cc1. The van der Waals surface area contributed by atoms with Crippen LogP contribution in [0.15, 0.2) is 65.8 Å². The van der Waals surface area contributed by atoms with E-state index in [0.717, 1.165) is 5.69 Å². The number of pyridine rings is 1. The van der Waals surface area contributed by atoms with Gasteiger partial charge in [0.05, 0.1) is 18.1 Å². The third kappa shape index (κ3) is 3.70. The van der Waals surface area contributed by atoms with Gasteiger partial charge in [0, 0.05) is 30.9 Å². The number of aromatic nitrogens is 4. The predicted molar refractivity (Wildman–Crippen MR) is 85.3 cm³/mol. The van der Waals surface area contributed by atoms with Crippen LogP contribution in [0, 0.1) is 0 Å². The number of nitrogens with zero attached hydrogens (tertiary/aromatic N) is 4. The Hall–Kier alpha value is -3.22. The van der Waals surface area contributed by atoms with Crippen LogP contribution in [0.4, 0.5) is 5.69 Å². The smallest absolute Gasteiger partial charge is 0.250 e. The topological polar surface area (TPSA) is 81.8 Å². The Morgan fingerprint density at radius 1 is 1.04 bits per heavy atom. The van der Waals surface area contributed by atoms with Gasteiger partial charge in [-0.1, -0.05) is 6.07 Å². The number of hydrogen-bond acceptors (Lipinski definition) is 4. The van der Waals surface area contributed by atoms with Gasteiger partial charge in [0.2, 0.25) is 5.91 Å². The van der Waals surface area contributed by atoms with Crippen LogP contribution < -0.4 is 10.9 Å². The minimum absolute atomic E-state index is 0.114. The summed E-state index contributed by atoms with van der Waals surface area (Å²) in [5, 5.41) is 10.9. The summed E-state index contributed by atoms with van der Waals surface area (Å²) in [6.07, 6.45) is 5.09. The van der Waals surface area contributed by atoms with Crippen LogP contribution in [0.2, 0.25) is 0 Å². The van der Waals surface area contributed by atoms with Crippen LogP contribution in [0.1, 0.15) is 6.42 Å². The van der Waals surface area contributed by atoms with Crippen molar-refractivity contribution in [3.63, 3.8) is 0 Å². The largest absolute Gasteiger partial charge is 0.326 e. The molecule has 1 amide bonds. The highest BCUT2D eigenvalue weighted by molar-refractivity contribution is 5.90. The summed E-state index contributed by atoms with van der Waals surface area (Å²) in [6, 6.07) is 12.1. The first-order chi connectivity index (χ1) is 11.2. The summed E-state index contributed by atoms with van der Waals surface area (Å²) in [4.78, 5) is 25.0. The van der Waals surface area contributed by atoms with Crippen molar-refractivity contribution >= 4 is 11.6 Å². The lowest BCUT2D eigenvalue weighted by molar-refractivity contribution is -0.116. The van der Waals surface area contributed by atoms with Gasteiger partial charge in [-0.15, -0.1) is 0 Å². The molecule has 2 heterocycles. The molecule has 7 nitrogen and oxygen atoms in total. The maximum absolute atomic E-state index is 12.0. The Balaban J connectivity index is 1.58. The van der Waals surface area contributed by atoms with Crippen molar-refractivity contribution in [3.8, 4) is 5.69 Å². The summed E-state index contributed by atoms with van der Waals surface area (Å²) >= 11 is 0. The number of rotatable bonds is 5. The Bertz CT molecular complexity index is 837. The third-order valence-electron chi connectivity index (χ3n) is 3.28. The highest BCUT2D eigenvalue weighted by atomic mass is 16.1. The zero-order valence-electron chi connectivity index (χ0n) is 12.3. The second-order valence-corrected chi connectivity index (χ2v) is 4.90. The first-order valence-electron chi connectivity index (χ1n) is 7.14. The molecule has 0 saturated heterocycles. The van der Waals surface area contributed by atoms with Gasteiger partial charge in [-0.05, 0) is 30.3 Å². The molecule has 0 aliphatic heterocycles. The van der Waals surface area contributed by atoms with Crippen molar-refractivity contribution in [1.29, 1.82) is 0 Å². The zero-order valence-corrected chi connectivity index (χ0v) is 12.3. The Labute approximate surface area is 132 Å². The number of hydrogen-bond donors (Lipinski definition) is 1. The van der Waals surface area contributed by atoms with Crippen molar-refractivity contribution < 1.29 is 4.79 Å². The first-order valence-corrected chi connectivity index (χ1v) is 7.14. The van der Waals surface area contributed by atoms with E-state index in [1.165, 1.54) is 15.4 Å². The van der Waals surface area contributed by atoms with Gasteiger partial charge in [0.15, 0.2) is 0 Å². The van der Waals surface area contributed by atoms with E-state index in [-0.39, 0.29) is 17.9 Å². The van der Waals surface area contributed by atoms with E-state index in [2.05, 4.69) is 15.5 Å². The van der Waals surface area contributed by atoms with E-state index in [9.17, 15) is 9.59 Å². The number of carbonyl (C=O) groups is 1. The molecule has 1 N–H and O–H groups in total. The molecule has 0 aliphatic carbocycles. The number of aryl methyl sites for hydroxylation is 1. The molecule has 23 heavy (non-hydrogen) atoms. The van der Waals surface area contributed by atoms with Crippen LogP contribution in [-0.4, -0.2) is 25.5 Å². The summed E-state index contributed by atoms with van der Waals surface area (Å²) < 4.78 is 1.51. The lowest BCUT2D eigenvalue weighted by Gasteiger charge is -2.07. The second-order valence-electron chi connectivity index (χ2n) is 4.90. The molecule has 3 aromatic rings. The van der Waals surface area contributed by atoms with Gasteiger partial charge in [-0.25, -0.2) is 0 Å². The van der Waals surface area contributed by atoms with E-state index in [4.69, 9.17) is 0 Å². The molecule has 0 radical (unpaired) electrons. The van der Waals surface area contributed by atoms with E-state index >= 15 is 0 Å². The van der Waals surface area contributed by atoms with Crippen molar-refractivity contribution in [2.24, 2.45) is 0 Å². The molecule has 7 heteroatoms. The predicted octanol–water partition coefficient (Wildman–Crippen LogP) is 1.46. The molecular weight excluding hydrogens is 294 g/mol. The highest BCUT2D eigenvalue weighted by Crippen LogP contribution is 2.12. The molecule has 0 unspecified atom stereocenters. The summed E-state index contributed by atoms with van der Waals surface area (Å²) in [5.41, 5.74) is 1.38. The van der Waals surface area contributed by atoms with Crippen LogP contribution in [0.5, 0.6) is 0 Å². The molecule has 2 aromatic heterocycles. The summed E-state index contributed by atoms with van der Waals surface area (Å²) in [5.74, 6) is -0.147. The average molecular weight is 309 g/mol. The molecule has 0 spiro atoms. The molecule has 116 valence electrons. The fourth-order valence-corrected chi connectivity index (χ4v) is 2.12. The molecular formula is C16H15N5O2. The molecule has 0 aliphatic rings.